The van der Waals surface area contributed by atoms with Gasteiger partial charge in [-0.1, -0.05) is 12.1 Å². The van der Waals surface area contributed by atoms with Gasteiger partial charge in [-0.25, -0.2) is 4.98 Å². The second-order valence-corrected chi connectivity index (χ2v) is 7.05. The Hall–Kier alpha value is -3.67. The average molecular weight is 384 g/mol. The van der Waals surface area contributed by atoms with Crippen LogP contribution in [-0.4, -0.2) is 29.2 Å². The van der Waals surface area contributed by atoms with Crippen LogP contribution in [0.2, 0.25) is 0 Å². The summed E-state index contributed by atoms with van der Waals surface area (Å²) >= 11 is 0. The van der Waals surface area contributed by atoms with Crippen LogP contribution in [0.25, 0.3) is 22.0 Å². The fourth-order valence-corrected chi connectivity index (χ4v) is 4.35. The maximum Gasteiger partial charge on any atom is 0.164 e. The Morgan fingerprint density at radius 2 is 1.79 bits per heavy atom. The minimum absolute atomic E-state index is 0.0305. The maximum atomic E-state index is 6.31. The minimum Gasteiger partial charge on any atom is -0.493 e. The van der Waals surface area contributed by atoms with E-state index >= 15 is 0 Å². The SMILES string of the molecule is COc1cccc(C2Cc3ccncc3-c3nc(N)c4cnccc4c32)c1OC. The van der Waals surface area contributed by atoms with Gasteiger partial charge in [0.15, 0.2) is 11.5 Å². The van der Waals surface area contributed by atoms with E-state index in [-0.39, 0.29) is 5.92 Å². The fourth-order valence-electron chi connectivity index (χ4n) is 4.35. The number of nitrogens with two attached hydrogens (primary N) is 1. The molecule has 0 aliphatic heterocycles. The van der Waals surface area contributed by atoms with Crippen molar-refractivity contribution in [2.75, 3.05) is 20.0 Å². The van der Waals surface area contributed by atoms with Crippen molar-refractivity contribution in [2.24, 2.45) is 0 Å². The smallest absolute Gasteiger partial charge is 0.164 e. The lowest BCUT2D eigenvalue weighted by atomic mass is 9.76. The molecule has 2 N–H and O–H groups in total. The van der Waals surface area contributed by atoms with Crippen molar-refractivity contribution < 1.29 is 9.47 Å². The summed E-state index contributed by atoms with van der Waals surface area (Å²) in [6, 6.07) is 10.0. The molecule has 0 saturated carbocycles. The predicted octanol–water partition coefficient (Wildman–Crippen LogP) is 3.98. The molecule has 1 aromatic carbocycles. The van der Waals surface area contributed by atoms with Crippen molar-refractivity contribution in [3.05, 3.63) is 71.8 Å². The molecule has 144 valence electrons. The molecule has 0 saturated heterocycles. The number of hydrogen-bond donors (Lipinski definition) is 1. The molecule has 29 heavy (non-hydrogen) atoms. The molecule has 6 heteroatoms. The van der Waals surface area contributed by atoms with E-state index in [0.717, 1.165) is 45.3 Å². The quantitative estimate of drug-likeness (QED) is 0.575. The first kappa shape index (κ1) is 17.4. The van der Waals surface area contributed by atoms with Gasteiger partial charge in [0, 0.05) is 47.2 Å². The van der Waals surface area contributed by atoms with Crippen LogP contribution in [-0.2, 0) is 6.42 Å². The molecule has 1 unspecified atom stereocenters. The van der Waals surface area contributed by atoms with Gasteiger partial charge < -0.3 is 15.2 Å². The van der Waals surface area contributed by atoms with Crippen LogP contribution in [0.3, 0.4) is 0 Å². The molecule has 0 bridgehead atoms. The number of fused-ring (bicyclic) bond motifs is 5. The molecule has 0 radical (unpaired) electrons. The Labute approximate surface area is 168 Å². The van der Waals surface area contributed by atoms with Crippen molar-refractivity contribution in [1.82, 2.24) is 15.0 Å². The molecular formula is C23H20N4O2. The number of methoxy groups -OCH3 is 2. The largest absolute Gasteiger partial charge is 0.493 e. The monoisotopic (exact) mass is 384 g/mol. The zero-order valence-electron chi connectivity index (χ0n) is 16.2. The van der Waals surface area contributed by atoms with Gasteiger partial charge in [-0.2, -0.15) is 0 Å². The summed E-state index contributed by atoms with van der Waals surface area (Å²) in [7, 11) is 3.33. The van der Waals surface area contributed by atoms with Crippen LogP contribution in [0.15, 0.2) is 55.1 Å². The highest BCUT2D eigenvalue weighted by Crippen LogP contribution is 2.48. The number of hydrogen-bond acceptors (Lipinski definition) is 6. The number of ether oxygens (including phenoxy) is 2. The van der Waals surface area contributed by atoms with E-state index in [0.29, 0.717) is 11.6 Å². The van der Waals surface area contributed by atoms with E-state index in [1.165, 1.54) is 5.56 Å². The molecule has 3 heterocycles. The number of pyridine rings is 3. The molecule has 5 rings (SSSR count). The van der Waals surface area contributed by atoms with Gasteiger partial charge in [0.25, 0.3) is 0 Å². The van der Waals surface area contributed by atoms with E-state index in [4.69, 9.17) is 20.2 Å². The maximum absolute atomic E-state index is 6.31. The molecule has 3 aromatic heterocycles. The first-order valence-electron chi connectivity index (χ1n) is 9.40. The van der Waals surface area contributed by atoms with E-state index in [9.17, 15) is 0 Å². The van der Waals surface area contributed by atoms with Gasteiger partial charge in [-0.3, -0.25) is 9.97 Å². The molecule has 4 aromatic rings. The number of anilines is 1. The summed E-state index contributed by atoms with van der Waals surface area (Å²) in [5, 5.41) is 1.90. The van der Waals surface area contributed by atoms with Crippen molar-refractivity contribution in [2.45, 2.75) is 12.3 Å². The highest BCUT2D eigenvalue weighted by atomic mass is 16.5. The lowest BCUT2D eigenvalue weighted by Gasteiger charge is -2.30. The highest BCUT2D eigenvalue weighted by Gasteiger charge is 2.32. The van der Waals surface area contributed by atoms with Crippen LogP contribution in [0.1, 0.15) is 22.6 Å². The molecule has 0 spiro atoms. The summed E-state index contributed by atoms with van der Waals surface area (Å²) in [5.41, 5.74) is 11.5. The third-order valence-electron chi connectivity index (χ3n) is 5.62. The predicted molar refractivity (Wildman–Crippen MR) is 112 cm³/mol. The number of para-hydroxylation sites is 1. The first-order chi connectivity index (χ1) is 14.2. The molecule has 0 fully saturated rings. The standard InChI is InChI=1S/C23H20N4O2/c1-28-19-5-3-4-15(22(19)29-2)16-10-13-6-8-25-11-17(13)21-20(16)14-7-9-26-12-18(14)23(24)27-21/h3-9,11-12,16H,10H2,1-2H3,(H2,24,27). The van der Waals surface area contributed by atoms with Crippen LogP contribution < -0.4 is 15.2 Å². The van der Waals surface area contributed by atoms with Gasteiger partial charge in [0.2, 0.25) is 0 Å². The van der Waals surface area contributed by atoms with Gasteiger partial charge in [-0.15, -0.1) is 0 Å². The Morgan fingerprint density at radius 3 is 2.62 bits per heavy atom. The number of nitrogen functional groups attached to an aromatic ring is 1. The molecular weight excluding hydrogens is 364 g/mol. The Balaban J connectivity index is 1.87. The van der Waals surface area contributed by atoms with Crippen LogP contribution >= 0.6 is 0 Å². The average Bonchev–Trinajstić information content (AvgIpc) is 2.78. The summed E-state index contributed by atoms with van der Waals surface area (Å²) in [5.74, 6) is 1.95. The van der Waals surface area contributed by atoms with Gasteiger partial charge in [0.1, 0.15) is 5.82 Å². The Kier molecular flexibility index (Phi) is 4.05. The normalized spacial score (nSPS) is 14.9. The van der Waals surface area contributed by atoms with E-state index in [2.05, 4.69) is 16.0 Å². The topological polar surface area (TPSA) is 83.2 Å². The summed E-state index contributed by atoms with van der Waals surface area (Å²) in [6.45, 7) is 0. The summed E-state index contributed by atoms with van der Waals surface area (Å²) in [6.07, 6.45) is 8.05. The Morgan fingerprint density at radius 1 is 0.966 bits per heavy atom. The Bertz CT molecular complexity index is 1240. The van der Waals surface area contributed by atoms with Gasteiger partial charge in [0.05, 0.1) is 19.9 Å². The van der Waals surface area contributed by atoms with Crippen molar-refractivity contribution in [3.8, 4) is 22.8 Å². The number of benzene rings is 1. The number of nitrogens with zero attached hydrogens (tertiary/aromatic N) is 3. The van der Waals surface area contributed by atoms with E-state index < -0.39 is 0 Å². The van der Waals surface area contributed by atoms with Crippen molar-refractivity contribution >= 4 is 16.6 Å². The van der Waals surface area contributed by atoms with Crippen LogP contribution in [0, 0.1) is 0 Å². The molecule has 0 amide bonds. The van der Waals surface area contributed by atoms with Crippen molar-refractivity contribution in [3.63, 3.8) is 0 Å². The highest BCUT2D eigenvalue weighted by molar-refractivity contribution is 5.98. The lowest BCUT2D eigenvalue weighted by Crippen LogP contribution is -2.16. The molecule has 1 aliphatic rings. The zero-order chi connectivity index (χ0) is 20.0. The van der Waals surface area contributed by atoms with Crippen LogP contribution in [0.4, 0.5) is 5.82 Å². The van der Waals surface area contributed by atoms with Crippen molar-refractivity contribution in [1.29, 1.82) is 0 Å². The second-order valence-electron chi connectivity index (χ2n) is 7.05. The number of rotatable bonds is 3. The fraction of sp³-hybridized carbons (Fsp3) is 0.174. The summed E-state index contributed by atoms with van der Waals surface area (Å²) in [4.78, 5) is 13.4. The van der Waals surface area contributed by atoms with E-state index in [1.807, 2.05) is 36.7 Å². The molecule has 1 atom stereocenters. The number of aromatic nitrogens is 3. The van der Waals surface area contributed by atoms with Gasteiger partial charge >= 0.3 is 0 Å². The minimum atomic E-state index is 0.0305. The zero-order valence-corrected chi connectivity index (χ0v) is 16.2. The van der Waals surface area contributed by atoms with Crippen LogP contribution in [0.5, 0.6) is 11.5 Å². The van der Waals surface area contributed by atoms with Gasteiger partial charge in [-0.05, 0) is 41.1 Å². The van der Waals surface area contributed by atoms with E-state index in [1.54, 1.807) is 26.6 Å². The summed E-state index contributed by atoms with van der Waals surface area (Å²) < 4.78 is 11.3. The molecule has 6 nitrogen and oxygen atoms in total. The third kappa shape index (κ3) is 2.60. The lowest BCUT2D eigenvalue weighted by molar-refractivity contribution is 0.350. The second kappa shape index (κ2) is 6.74. The third-order valence-corrected chi connectivity index (χ3v) is 5.62. The first-order valence-corrected chi connectivity index (χ1v) is 9.40. The molecule has 1 aliphatic carbocycles.